The van der Waals surface area contributed by atoms with Crippen LogP contribution in [0, 0.1) is 0 Å². The van der Waals surface area contributed by atoms with Crippen LogP contribution in [0.3, 0.4) is 0 Å². The molecule has 0 N–H and O–H groups in total. The molecule has 24 heavy (non-hydrogen) atoms. The van der Waals surface area contributed by atoms with E-state index in [0.717, 1.165) is 25.2 Å². The minimum atomic E-state index is 0.531. The number of hydrogen-bond acceptors (Lipinski definition) is 3. The minimum absolute atomic E-state index is 0.531. The van der Waals surface area contributed by atoms with E-state index in [1.165, 1.54) is 11.1 Å². The van der Waals surface area contributed by atoms with Gasteiger partial charge in [0.25, 0.3) is 0 Å². The first-order valence-corrected chi connectivity index (χ1v) is 8.48. The second-order valence-electron chi connectivity index (χ2n) is 6.13. The van der Waals surface area contributed by atoms with E-state index in [1.807, 2.05) is 29.3 Å². The van der Waals surface area contributed by atoms with Crippen LogP contribution < -0.4 is 0 Å². The molecule has 2 aromatic heterocycles. The highest BCUT2D eigenvalue weighted by atomic mass is 15.3. The highest BCUT2D eigenvalue weighted by Gasteiger charge is 2.13. The third kappa shape index (κ3) is 4.09. The Kier molecular flexibility index (Phi) is 5.39. The SMILES string of the molecule is CC[C@@H](C)N(Cc1ccncc1)Cc1ccc(-n2cccn2)cc1. The lowest BCUT2D eigenvalue weighted by Gasteiger charge is -2.28. The van der Waals surface area contributed by atoms with Crippen molar-refractivity contribution in [2.24, 2.45) is 0 Å². The van der Waals surface area contributed by atoms with E-state index in [2.05, 4.69) is 65.2 Å². The molecule has 1 aromatic carbocycles. The highest BCUT2D eigenvalue weighted by Crippen LogP contribution is 2.16. The van der Waals surface area contributed by atoms with E-state index in [-0.39, 0.29) is 0 Å². The number of hydrogen-bond donors (Lipinski definition) is 0. The minimum Gasteiger partial charge on any atom is -0.292 e. The Labute approximate surface area is 143 Å². The molecule has 0 radical (unpaired) electrons. The zero-order valence-electron chi connectivity index (χ0n) is 14.3. The van der Waals surface area contributed by atoms with E-state index in [1.54, 1.807) is 6.20 Å². The van der Waals surface area contributed by atoms with Gasteiger partial charge >= 0.3 is 0 Å². The number of aromatic nitrogens is 3. The molecule has 4 nitrogen and oxygen atoms in total. The molecule has 0 amide bonds. The number of nitrogens with zero attached hydrogens (tertiary/aromatic N) is 4. The lowest BCUT2D eigenvalue weighted by molar-refractivity contribution is 0.186. The largest absolute Gasteiger partial charge is 0.292 e. The second kappa shape index (κ2) is 7.88. The number of rotatable bonds is 7. The fourth-order valence-corrected chi connectivity index (χ4v) is 2.76. The molecule has 124 valence electrons. The zero-order valence-corrected chi connectivity index (χ0v) is 14.3. The second-order valence-corrected chi connectivity index (χ2v) is 6.13. The van der Waals surface area contributed by atoms with Crippen molar-refractivity contribution in [2.75, 3.05) is 0 Å². The maximum atomic E-state index is 4.27. The first kappa shape index (κ1) is 16.4. The fraction of sp³-hybridized carbons (Fsp3) is 0.300. The fourth-order valence-electron chi connectivity index (χ4n) is 2.76. The first-order chi connectivity index (χ1) is 11.8. The predicted octanol–water partition coefficient (Wildman–Crippen LogP) is 4.07. The molecule has 4 heteroatoms. The normalized spacial score (nSPS) is 12.5. The van der Waals surface area contributed by atoms with Crippen LogP contribution in [0.2, 0.25) is 0 Å². The summed E-state index contributed by atoms with van der Waals surface area (Å²) in [5, 5.41) is 4.27. The monoisotopic (exact) mass is 320 g/mol. The summed E-state index contributed by atoms with van der Waals surface area (Å²) in [5.74, 6) is 0. The van der Waals surface area contributed by atoms with Crippen LogP contribution in [0.25, 0.3) is 5.69 Å². The van der Waals surface area contributed by atoms with Gasteiger partial charge in [0.1, 0.15) is 0 Å². The van der Waals surface area contributed by atoms with Gasteiger partial charge in [-0.2, -0.15) is 5.10 Å². The van der Waals surface area contributed by atoms with Gasteiger partial charge in [-0.05, 0) is 54.8 Å². The van der Waals surface area contributed by atoms with Crippen molar-refractivity contribution in [3.63, 3.8) is 0 Å². The molecular weight excluding hydrogens is 296 g/mol. The van der Waals surface area contributed by atoms with Gasteiger partial charge in [0.05, 0.1) is 5.69 Å². The Balaban J connectivity index is 1.72. The van der Waals surface area contributed by atoms with Crippen molar-refractivity contribution in [1.82, 2.24) is 19.7 Å². The van der Waals surface area contributed by atoms with Crippen molar-refractivity contribution in [3.05, 3.63) is 78.4 Å². The van der Waals surface area contributed by atoms with Crippen molar-refractivity contribution in [3.8, 4) is 5.69 Å². The van der Waals surface area contributed by atoms with E-state index in [4.69, 9.17) is 0 Å². The van der Waals surface area contributed by atoms with Crippen LogP contribution in [0.1, 0.15) is 31.4 Å². The topological polar surface area (TPSA) is 34.0 Å². The van der Waals surface area contributed by atoms with Gasteiger partial charge in [0.15, 0.2) is 0 Å². The highest BCUT2D eigenvalue weighted by molar-refractivity contribution is 5.33. The van der Waals surface area contributed by atoms with Crippen LogP contribution in [0.15, 0.2) is 67.3 Å². The average Bonchev–Trinajstić information content (AvgIpc) is 3.16. The van der Waals surface area contributed by atoms with Gasteiger partial charge in [-0.25, -0.2) is 4.68 Å². The van der Waals surface area contributed by atoms with Crippen molar-refractivity contribution >= 4 is 0 Å². The van der Waals surface area contributed by atoms with Crippen molar-refractivity contribution in [1.29, 1.82) is 0 Å². The van der Waals surface area contributed by atoms with Crippen LogP contribution in [-0.2, 0) is 13.1 Å². The molecule has 0 saturated heterocycles. The molecule has 0 fully saturated rings. The number of benzene rings is 1. The lowest BCUT2D eigenvalue weighted by atomic mass is 10.1. The third-order valence-corrected chi connectivity index (χ3v) is 4.44. The molecular formula is C20H24N4. The summed E-state index contributed by atoms with van der Waals surface area (Å²) in [7, 11) is 0. The van der Waals surface area contributed by atoms with Crippen LogP contribution >= 0.6 is 0 Å². The Morgan fingerprint density at radius 3 is 2.21 bits per heavy atom. The molecule has 0 aliphatic heterocycles. The quantitative estimate of drug-likeness (QED) is 0.658. The van der Waals surface area contributed by atoms with Gasteiger partial charge in [0.2, 0.25) is 0 Å². The summed E-state index contributed by atoms with van der Waals surface area (Å²) in [6.45, 7) is 6.42. The van der Waals surface area contributed by atoms with Gasteiger partial charge in [-0.1, -0.05) is 19.1 Å². The van der Waals surface area contributed by atoms with E-state index < -0.39 is 0 Å². The molecule has 1 atom stereocenters. The van der Waals surface area contributed by atoms with E-state index in [0.29, 0.717) is 6.04 Å². The summed E-state index contributed by atoms with van der Waals surface area (Å²) in [6.07, 6.45) is 8.62. The van der Waals surface area contributed by atoms with Crippen LogP contribution in [0.5, 0.6) is 0 Å². The number of pyridine rings is 1. The van der Waals surface area contributed by atoms with Gasteiger partial charge < -0.3 is 0 Å². The average molecular weight is 320 g/mol. The summed E-state index contributed by atoms with van der Waals surface area (Å²) in [5.41, 5.74) is 3.71. The van der Waals surface area contributed by atoms with Crippen molar-refractivity contribution in [2.45, 2.75) is 39.4 Å². The standard InChI is InChI=1S/C20H24N4/c1-3-17(2)23(16-19-9-12-21-13-10-19)15-18-5-7-20(8-6-18)24-14-4-11-22-24/h4-14,17H,3,15-16H2,1-2H3/t17-/m1/s1. The summed E-state index contributed by atoms with van der Waals surface area (Å²) in [4.78, 5) is 6.62. The Hall–Kier alpha value is -2.46. The summed E-state index contributed by atoms with van der Waals surface area (Å²) in [6, 6.07) is 15.3. The molecule has 0 aliphatic carbocycles. The maximum Gasteiger partial charge on any atom is 0.0645 e. The molecule has 3 rings (SSSR count). The van der Waals surface area contributed by atoms with E-state index in [9.17, 15) is 0 Å². The van der Waals surface area contributed by atoms with Crippen molar-refractivity contribution < 1.29 is 0 Å². The van der Waals surface area contributed by atoms with Crippen LogP contribution in [-0.4, -0.2) is 25.7 Å². The van der Waals surface area contributed by atoms with Gasteiger partial charge in [0, 0.05) is 43.9 Å². The Morgan fingerprint density at radius 1 is 0.958 bits per heavy atom. The molecule has 3 aromatic rings. The summed E-state index contributed by atoms with van der Waals surface area (Å²) < 4.78 is 1.88. The molecule has 0 aliphatic rings. The molecule has 0 unspecified atom stereocenters. The van der Waals surface area contributed by atoms with Gasteiger partial charge in [-0.3, -0.25) is 9.88 Å². The molecule has 0 bridgehead atoms. The first-order valence-electron chi connectivity index (χ1n) is 8.48. The third-order valence-electron chi connectivity index (χ3n) is 4.44. The Morgan fingerprint density at radius 2 is 1.62 bits per heavy atom. The smallest absolute Gasteiger partial charge is 0.0645 e. The summed E-state index contributed by atoms with van der Waals surface area (Å²) >= 11 is 0. The maximum absolute atomic E-state index is 4.27. The van der Waals surface area contributed by atoms with E-state index >= 15 is 0 Å². The molecule has 0 spiro atoms. The predicted molar refractivity (Wildman–Crippen MR) is 96.8 cm³/mol. The Bertz CT molecular complexity index is 720. The molecule has 0 saturated carbocycles. The molecule has 2 heterocycles. The van der Waals surface area contributed by atoms with Gasteiger partial charge in [-0.15, -0.1) is 0 Å². The van der Waals surface area contributed by atoms with Crippen LogP contribution in [0.4, 0.5) is 0 Å². The lowest BCUT2D eigenvalue weighted by Crippen LogP contribution is -2.31. The zero-order chi connectivity index (χ0) is 16.8.